The van der Waals surface area contributed by atoms with E-state index in [2.05, 4.69) is 0 Å². The second-order valence-corrected chi connectivity index (χ2v) is 5.92. The van der Waals surface area contributed by atoms with E-state index < -0.39 is 16.3 Å². The Balaban J connectivity index is 2.62. The van der Waals surface area contributed by atoms with Gasteiger partial charge in [-0.05, 0) is 37.4 Å². The number of nitrogens with zero attached hydrogens (tertiary/aromatic N) is 1. The molecule has 2 unspecified atom stereocenters. The summed E-state index contributed by atoms with van der Waals surface area (Å²) in [4.78, 5) is 12.6. The minimum absolute atomic E-state index is 0.398. The molecule has 2 atom stereocenters. The van der Waals surface area contributed by atoms with Crippen molar-refractivity contribution in [1.29, 1.82) is 0 Å². The summed E-state index contributed by atoms with van der Waals surface area (Å²) in [5.74, 6) is -0.511. The molecule has 2 N–H and O–H groups in total. The van der Waals surface area contributed by atoms with E-state index in [9.17, 15) is 4.79 Å². The molecule has 1 amide bonds. The molecule has 1 aromatic carbocycles. The largest absolute Gasteiger partial charge is 0.366 e. The molecule has 20 heavy (non-hydrogen) atoms. The van der Waals surface area contributed by atoms with Gasteiger partial charge in [-0.2, -0.15) is 0 Å². The summed E-state index contributed by atoms with van der Waals surface area (Å²) in [6.07, 6.45) is 3.36. The van der Waals surface area contributed by atoms with Crippen molar-refractivity contribution in [3.63, 3.8) is 0 Å². The van der Waals surface area contributed by atoms with Crippen LogP contribution < -0.4 is 5.73 Å². The molecule has 0 saturated carbocycles. The first kappa shape index (κ1) is 15.1. The quantitative estimate of drug-likeness (QED) is 0.689. The number of halogens is 2. The van der Waals surface area contributed by atoms with E-state index in [1.165, 1.54) is 0 Å². The normalized spacial score (nSPS) is 26.1. The number of likely N-dealkylation sites (N-methyl/N-ethyl adjacent to an activating group) is 1. The van der Waals surface area contributed by atoms with Crippen LogP contribution in [-0.2, 0) is 4.79 Å². The van der Waals surface area contributed by atoms with Crippen LogP contribution in [0.5, 0.6) is 0 Å². The van der Waals surface area contributed by atoms with Gasteiger partial charge in [0.05, 0.1) is 5.38 Å². The average Bonchev–Trinajstić information content (AvgIpc) is 2.42. The number of hydrogen-bond acceptors (Lipinski definition) is 2. The highest BCUT2D eigenvalue weighted by Crippen LogP contribution is 2.42. The lowest BCUT2D eigenvalue weighted by Crippen LogP contribution is -2.47. The highest BCUT2D eigenvalue weighted by molar-refractivity contribution is 6.38. The van der Waals surface area contributed by atoms with Gasteiger partial charge in [-0.15, -0.1) is 11.6 Å². The summed E-state index contributed by atoms with van der Waals surface area (Å²) in [5.41, 5.74) is 7.36. The summed E-state index contributed by atoms with van der Waals surface area (Å²) in [6, 6.07) is 9.44. The predicted molar refractivity (Wildman–Crippen MR) is 83.6 cm³/mol. The Kier molecular flexibility index (Phi) is 4.23. The Morgan fingerprint density at radius 1 is 1.30 bits per heavy atom. The fourth-order valence-corrected chi connectivity index (χ4v) is 2.91. The van der Waals surface area contributed by atoms with E-state index in [0.717, 1.165) is 5.56 Å². The maximum atomic E-state index is 11.7. The predicted octanol–water partition coefficient (Wildman–Crippen LogP) is 2.60. The summed E-state index contributed by atoms with van der Waals surface area (Å²) < 4.78 is 0. The van der Waals surface area contributed by atoms with Gasteiger partial charge < -0.3 is 5.73 Å². The van der Waals surface area contributed by atoms with Crippen LogP contribution in [-0.4, -0.2) is 35.3 Å². The second-order valence-electron chi connectivity index (χ2n) is 4.88. The minimum Gasteiger partial charge on any atom is -0.366 e. The van der Waals surface area contributed by atoms with Crippen molar-refractivity contribution in [2.24, 2.45) is 5.73 Å². The number of nitrogens with two attached hydrogens (primary N) is 1. The summed E-state index contributed by atoms with van der Waals surface area (Å²) in [7, 11) is 3.68. The van der Waals surface area contributed by atoms with Gasteiger partial charge in [0.1, 0.15) is 5.00 Å². The van der Waals surface area contributed by atoms with Crippen LogP contribution in [0.2, 0.25) is 0 Å². The second kappa shape index (κ2) is 5.60. The topological polar surface area (TPSA) is 46.3 Å². The zero-order chi connectivity index (χ0) is 14.9. The van der Waals surface area contributed by atoms with Crippen molar-refractivity contribution in [1.82, 2.24) is 4.90 Å². The average molecular weight is 311 g/mol. The van der Waals surface area contributed by atoms with Crippen molar-refractivity contribution >= 4 is 34.7 Å². The molecule has 0 heterocycles. The SMILES string of the molecule is CN(C)C1(Cl)C=CC(C(N)=O)=C(c2ccccc2)C1Cl. The number of benzene rings is 1. The lowest BCUT2D eigenvalue weighted by atomic mass is 9.87. The van der Waals surface area contributed by atoms with Crippen molar-refractivity contribution in [3.05, 3.63) is 53.6 Å². The van der Waals surface area contributed by atoms with E-state index in [1.54, 1.807) is 12.2 Å². The van der Waals surface area contributed by atoms with Crippen LogP contribution in [0.4, 0.5) is 0 Å². The summed E-state index contributed by atoms with van der Waals surface area (Å²) in [5, 5.41) is -0.589. The number of hydrogen-bond donors (Lipinski definition) is 1. The van der Waals surface area contributed by atoms with Gasteiger partial charge in [-0.3, -0.25) is 9.69 Å². The van der Waals surface area contributed by atoms with Crippen LogP contribution in [0.1, 0.15) is 5.56 Å². The smallest absolute Gasteiger partial charge is 0.249 e. The Hall–Kier alpha value is -1.29. The van der Waals surface area contributed by atoms with E-state index >= 15 is 0 Å². The molecule has 0 radical (unpaired) electrons. The molecule has 1 aliphatic carbocycles. The Bertz CT molecular complexity index is 581. The van der Waals surface area contributed by atoms with Gasteiger partial charge >= 0.3 is 0 Å². The molecule has 1 aliphatic rings. The van der Waals surface area contributed by atoms with E-state index in [-0.39, 0.29) is 0 Å². The van der Waals surface area contributed by atoms with E-state index in [4.69, 9.17) is 28.9 Å². The molecule has 0 fully saturated rings. The van der Waals surface area contributed by atoms with E-state index in [0.29, 0.717) is 11.1 Å². The first-order chi connectivity index (χ1) is 9.38. The third kappa shape index (κ3) is 2.49. The molecule has 2 rings (SSSR count). The fraction of sp³-hybridized carbons (Fsp3) is 0.267. The van der Waals surface area contributed by atoms with Crippen LogP contribution in [0.3, 0.4) is 0 Å². The molecule has 3 nitrogen and oxygen atoms in total. The summed E-state index contributed by atoms with van der Waals surface area (Å²) >= 11 is 13.2. The van der Waals surface area contributed by atoms with Gasteiger partial charge in [0.25, 0.3) is 0 Å². The maximum Gasteiger partial charge on any atom is 0.249 e. The molecular formula is C15H16Cl2N2O. The highest BCUT2D eigenvalue weighted by atomic mass is 35.5. The number of primary amides is 1. The van der Waals surface area contributed by atoms with Crippen molar-refractivity contribution < 1.29 is 4.79 Å². The Morgan fingerprint density at radius 2 is 1.90 bits per heavy atom. The number of rotatable bonds is 3. The fourth-order valence-electron chi connectivity index (χ4n) is 2.22. The van der Waals surface area contributed by atoms with Crippen LogP contribution >= 0.6 is 23.2 Å². The molecule has 1 aromatic rings. The number of carbonyl (C=O) groups excluding carboxylic acids is 1. The molecule has 0 aliphatic heterocycles. The summed E-state index contributed by atoms with van der Waals surface area (Å²) in [6.45, 7) is 0. The lowest BCUT2D eigenvalue weighted by Gasteiger charge is -2.39. The van der Waals surface area contributed by atoms with Crippen molar-refractivity contribution in [2.75, 3.05) is 14.1 Å². The van der Waals surface area contributed by atoms with Gasteiger partial charge in [0, 0.05) is 5.57 Å². The van der Waals surface area contributed by atoms with E-state index in [1.807, 2.05) is 49.3 Å². The zero-order valence-electron chi connectivity index (χ0n) is 11.3. The van der Waals surface area contributed by atoms with Crippen LogP contribution in [0.15, 0.2) is 48.1 Å². The monoisotopic (exact) mass is 310 g/mol. The standard InChI is InChI=1S/C15H16Cl2N2O/c1-19(2)15(17)9-8-11(14(18)20)12(13(15)16)10-6-4-3-5-7-10/h3-9,13H,1-2H3,(H2,18,20). The minimum atomic E-state index is -0.897. The number of alkyl halides is 2. The third-order valence-corrected chi connectivity index (χ3v) is 4.76. The molecular weight excluding hydrogens is 295 g/mol. The number of carbonyl (C=O) groups is 1. The highest BCUT2D eigenvalue weighted by Gasteiger charge is 2.42. The van der Waals surface area contributed by atoms with Crippen LogP contribution in [0, 0.1) is 0 Å². The maximum absolute atomic E-state index is 11.7. The first-order valence-corrected chi connectivity index (χ1v) is 6.98. The first-order valence-electron chi connectivity index (χ1n) is 6.17. The van der Waals surface area contributed by atoms with Crippen LogP contribution in [0.25, 0.3) is 5.57 Å². The molecule has 0 aromatic heterocycles. The third-order valence-electron chi connectivity index (χ3n) is 3.42. The van der Waals surface area contributed by atoms with Gasteiger partial charge in [-0.1, -0.05) is 41.9 Å². The number of amides is 1. The van der Waals surface area contributed by atoms with Gasteiger partial charge in [0.2, 0.25) is 5.91 Å². The zero-order valence-corrected chi connectivity index (χ0v) is 12.8. The molecule has 0 spiro atoms. The van der Waals surface area contributed by atoms with Gasteiger partial charge in [-0.25, -0.2) is 0 Å². The molecule has 106 valence electrons. The van der Waals surface area contributed by atoms with Crippen molar-refractivity contribution in [2.45, 2.75) is 10.4 Å². The molecule has 0 bridgehead atoms. The lowest BCUT2D eigenvalue weighted by molar-refractivity contribution is -0.114. The molecule has 0 saturated heterocycles. The van der Waals surface area contributed by atoms with Gasteiger partial charge in [0.15, 0.2) is 0 Å². The molecule has 5 heteroatoms. The Morgan fingerprint density at radius 3 is 2.40 bits per heavy atom. The Labute approximate surface area is 128 Å². The van der Waals surface area contributed by atoms with Crippen molar-refractivity contribution in [3.8, 4) is 0 Å².